The van der Waals surface area contributed by atoms with Crippen molar-refractivity contribution in [1.29, 1.82) is 0 Å². The molecule has 10 heteroatoms. The van der Waals surface area contributed by atoms with Crippen LogP contribution in [-0.4, -0.2) is 77.4 Å². The van der Waals surface area contributed by atoms with Crippen molar-refractivity contribution in [3.8, 4) is 23.0 Å². The molecule has 2 saturated heterocycles. The number of piperazine rings is 1. The third kappa shape index (κ3) is 4.85. The van der Waals surface area contributed by atoms with Gasteiger partial charge in [0.05, 0.1) is 17.6 Å². The van der Waals surface area contributed by atoms with Crippen molar-refractivity contribution >= 4 is 16.9 Å². The first-order chi connectivity index (χ1) is 16.9. The van der Waals surface area contributed by atoms with E-state index in [1.807, 2.05) is 0 Å². The van der Waals surface area contributed by atoms with Crippen molar-refractivity contribution in [3.63, 3.8) is 0 Å². The minimum absolute atomic E-state index is 0.111. The van der Waals surface area contributed by atoms with Gasteiger partial charge in [-0.15, -0.1) is 0 Å². The van der Waals surface area contributed by atoms with E-state index in [9.17, 15) is 9.50 Å². The number of fused-ring (bicyclic) bond motifs is 1. The Hall–Kier alpha value is -3.11. The van der Waals surface area contributed by atoms with E-state index >= 15 is 4.39 Å². The Kier molecular flexibility index (Phi) is 6.66. The van der Waals surface area contributed by atoms with Gasteiger partial charge in [-0.05, 0) is 51.6 Å². The van der Waals surface area contributed by atoms with Gasteiger partial charge >= 0.3 is 6.01 Å². The molecule has 0 bridgehead atoms. The first kappa shape index (κ1) is 23.6. The second kappa shape index (κ2) is 9.87. The number of aromatic hydroxyl groups is 1. The maximum atomic E-state index is 15.3. The molecule has 186 valence electrons. The van der Waals surface area contributed by atoms with Crippen molar-refractivity contribution in [2.45, 2.75) is 25.8 Å². The average molecular weight is 485 g/mol. The Balaban J connectivity index is 1.58. The number of rotatable bonds is 5. The number of hydrogen-bond acceptors (Lipinski definition) is 8. The molecule has 1 aromatic carbocycles. The van der Waals surface area contributed by atoms with E-state index in [0.717, 1.165) is 45.1 Å². The molecule has 2 aromatic heterocycles. The highest BCUT2D eigenvalue weighted by molar-refractivity contribution is 5.90. The van der Waals surface area contributed by atoms with Gasteiger partial charge in [-0.1, -0.05) is 6.07 Å². The van der Waals surface area contributed by atoms with Crippen molar-refractivity contribution < 1.29 is 18.6 Å². The molecule has 4 heterocycles. The van der Waals surface area contributed by atoms with E-state index in [1.165, 1.54) is 18.2 Å². The number of likely N-dealkylation sites (tertiary alicyclic amines) is 1. The third-order valence-electron chi connectivity index (χ3n) is 6.77. The van der Waals surface area contributed by atoms with Crippen LogP contribution in [0.5, 0.6) is 11.8 Å². The summed E-state index contributed by atoms with van der Waals surface area (Å²) in [7, 11) is 2.10. The van der Waals surface area contributed by atoms with E-state index in [1.54, 1.807) is 0 Å². The second-order valence-corrected chi connectivity index (χ2v) is 9.48. The predicted octanol–water partition coefficient (Wildman–Crippen LogP) is 3.19. The maximum absolute atomic E-state index is 15.3. The average Bonchev–Trinajstić information content (AvgIpc) is 2.83. The predicted molar refractivity (Wildman–Crippen MR) is 130 cm³/mol. The lowest BCUT2D eigenvalue weighted by atomic mass is 10.00. The monoisotopic (exact) mass is 484 g/mol. The number of anilines is 1. The molecule has 0 spiro atoms. The largest absolute Gasteiger partial charge is 0.507 e. The van der Waals surface area contributed by atoms with Gasteiger partial charge in [-0.25, -0.2) is 13.8 Å². The summed E-state index contributed by atoms with van der Waals surface area (Å²) in [5.41, 5.74) is -0.406. The van der Waals surface area contributed by atoms with Crippen LogP contribution in [0.1, 0.15) is 19.8 Å². The maximum Gasteiger partial charge on any atom is 0.320 e. The van der Waals surface area contributed by atoms with Crippen LogP contribution >= 0.6 is 0 Å². The van der Waals surface area contributed by atoms with Crippen molar-refractivity contribution in [2.75, 3.05) is 51.3 Å². The Morgan fingerprint density at radius 2 is 2.03 bits per heavy atom. The van der Waals surface area contributed by atoms with E-state index in [2.05, 4.69) is 44.0 Å². The molecule has 2 fully saturated rings. The van der Waals surface area contributed by atoms with Gasteiger partial charge in [-0.3, -0.25) is 0 Å². The molecular formula is C25H30F2N6O2. The lowest BCUT2D eigenvalue weighted by Crippen LogP contribution is -2.50. The lowest BCUT2D eigenvalue weighted by Gasteiger charge is -2.35. The van der Waals surface area contributed by atoms with Gasteiger partial charge in [0, 0.05) is 38.1 Å². The normalized spacial score (nSPS) is 21.4. The first-order valence-corrected chi connectivity index (χ1v) is 12.1. The number of phenolic OH excluding ortho intramolecular Hbond substituents is 1. The smallest absolute Gasteiger partial charge is 0.320 e. The van der Waals surface area contributed by atoms with Gasteiger partial charge in [0.25, 0.3) is 0 Å². The molecule has 0 aliphatic carbocycles. The minimum atomic E-state index is -0.765. The molecule has 5 rings (SSSR count). The number of phenols is 1. The SMILES string of the molecule is CC1CNCCN1c1nc(OCC2CCCN(C)C2)nc2nc(-c3c(O)cccc3F)c(F)cc12. The number of aromatic nitrogens is 3. The van der Waals surface area contributed by atoms with Gasteiger partial charge in [0.1, 0.15) is 23.1 Å². The zero-order valence-corrected chi connectivity index (χ0v) is 20.0. The third-order valence-corrected chi connectivity index (χ3v) is 6.77. The van der Waals surface area contributed by atoms with E-state index in [4.69, 9.17) is 4.74 Å². The number of ether oxygens (including phenoxy) is 1. The van der Waals surface area contributed by atoms with Crippen LogP contribution in [0.15, 0.2) is 24.3 Å². The molecule has 0 amide bonds. The molecule has 2 unspecified atom stereocenters. The van der Waals surface area contributed by atoms with Gasteiger partial charge in [0.15, 0.2) is 11.5 Å². The van der Waals surface area contributed by atoms with Crippen LogP contribution in [-0.2, 0) is 0 Å². The Bertz CT molecular complexity index is 1210. The minimum Gasteiger partial charge on any atom is -0.507 e. The summed E-state index contributed by atoms with van der Waals surface area (Å²) in [5, 5.41) is 14.0. The van der Waals surface area contributed by atoms with Crippen molar-refractivity contribution in [1.82, 2.24) is 25.2 Å². The summed E-state index contributed by atoms with van der Waals surface area (Å²) >= 11 is 0. The molecule has 2 aliphatic rings. The van der Waals surface area contributed by atoms with Crippen LogP contribution in [0.2, 0.25) is 0 Å². The first-order valence-electron chi connectivity index (χ1n) is 12.1. The summed E-state index contributed by atoms with van der Waals surface area (Å²) in [5.74, 6) is -1.01. The van der Waals surface area contributed by atoms with Crippen LogP contribution in [0.25, 0.3) is 22.3 Å². The van der Waals surface area contributed by atoms with Gasteiger partial charge in [-0.2, -0.15) is 9.97 Å². The fourth-order valence-corrected chi connectivity index (χ4v) is 4.96. The summed E-state index contributed by atoms with van der Waals surface area (Å²) in [6.45, 7) is 6.75. The molecule has 2 atom stereocenters. The molecule has 35 heavy (non-hydrogen) atoms. The van der Waals surface area contributed by atoms with Crippen LogP contribution in [0.4, 0.5) is 14.6 Å². The highest BCUT2D eigenvalue weighted by atomic mass is 19.1. The van der Waals surface area contributed by atoms with Crippen LogP contribution in [0.3, 0.4) is 0 Å². The fraction of sp³-hybridized carbons (Fsp3) is 0.480. The van der Waals surface area contributed by atoms with Gasteiger partial charge < -0.3 is 25.0 Å². The standard InChI is InChI=1S/C25H30F2N6O2/c1-15-12-28-8-10-33(15)24-17-11-19(27)22(21-18(26)6-3-7-20(21)34)29-23(17)30-25(31-24)35-14-16-5-4-9-32(2)13-16/h3,6-7,11,15-16,28,34H,4-5,8-10,12-14H2,1-2H3. The number of nitrogens with zero attached hydrogens (tertiary/aromatic N) is 5. The topological polar surface area (TPSA) is 86.6 Å². The summed E-state index contributed by atoms with van der Waals surface area (Å²) in [6.07, 6.45) is 2.18. The number of hydrogen-bond donors (Lipinski definition) is 2. The van der Waals surface area contributed by atoms with E-state index in [-0.39, 0.29) is 29.0 Å². The fourth-order valence-electron chi connectivity index (χ4n) is 4.96. The number of pyridine rings is 1. The molecule has 3 aromatic rings. The molecule has 8 nitrogen and oxygen atoms in total. The quantitative estimate of drug-likeness (QED) is 0.571. The second-order valence-electron chi connectivity index (χ2n) is 9.48. The highest BCUT2D eigenvalue weighted by Gasteiger charge is 2.26. The zero-order valence-electron chi connectivity index (χ0n) is 20.0. The van der Waals surface area contributed by atoms with Crippen LogP contribution < -0.4 is 15.0 Å². The highest BCUT2D eigenvalue weighted by Crippen LogP contribution is 2.36. The molecule has 0 radical (unpaired) electrons. The molecule has 0 saturated carbocycles. The number of piperidine rings is 1. The number of nitrogens with one attached hydrogen (secondary N) is 1. The molecular weight excluding hydrogens is 454 g/mol. The summed E-state index contributed by atoms with van der Waals surface area (Å²) in [4.78, 5) is 17.9. The van der Waals surface area contributed by atoms with E-state index in [0.29, 0.717) is 30.3 Å². The Morgan fingerprint density at radius 3 is 2.80 bits per heavy atom. The van der Waals surface area contributed by atoms with Crippen molar-refractivity contribution in [3.05, 3.63) is 35.9 Å². The number of halogens is 2. The number of benzene rings is 1. The van der Waals surface area contributed by atoms with Gasteiger partial charge in [0.2, 0.25) is 0 Å². The van der Waals surface area contributed by atoms with E-state index < -0.39 is 17.4 Å². The Morgan fingerprint density at radius 1 is 1.17 bits per heavy atom. The van der Waals surface area contributed by atoms with Crippen LogP contribution in [0, 0.1) is 17.6 Å². The molecule has 2 aliphatic heterocycles. The Labute approximate surface area is 203 Å². The molecule has 2 N–H and O–H groups in total. The lowest BCUT2D eigenvalue weighted by molar-refractivity contribution is 0.144. The van der Waals surface area contributed by atoms with Crippen molar-refractivity contribution in [2.24, 2.45) is 5.92 Å². The summed E-state index contributed by atoms with van der Waals surface area (Å²) < 4.78 is 35.9. The zero-order chi connectivity index (χ0) is 24.5. The summed E-state index contributed by atoms with van der Waals surface area (Å²) in [6, 6.07) is 5.35.